The van der Waals surface area contributed by atoms with Crippen LogP contribution in [0.15, 0.2) is 60.7 Å². The Kier molecular flexibility index (Phi) is 13.3. The number of ketones is 1. The minimum absolute atomic E-state index is 0.0220. The first kappa shape index (κ1) is 34.3. The van der Waals surface area contributed by atoms with Gasteiger partial charge in [0.05, 0.1) is 12.6 Å². The Morgan fingerprint density at radius 1 is 0.814 bits per heavy atom. The summed E-state index contributed by atoms with van der Waals surface area (Å²) in [5, 5.41) is 0.909. The number of nitrogens with zero attached hydrogens (tertiary/aromatic N) is 1. The van der Waals surface area contributed by atoms with Gasteiger partial charge in [0.1, 0.15) is 19.0 Å². The molecule has 1 fully saturated rings. The zero-order valence-electron chi connectivity index (χ0n) is 26.6. The van der Waals surface area contributed by atoms with E-state index in [0.717, 1.165) is 22.6 Å². The second kappa shape index (κ2) is 16.6. The maximum atomic E-state index is 12.9. The number of amides is 1. The zero-order chi connectivity index (χ0) is 31.4. The molecule has 0 unspecified atom stereocenters. The third-order valence-corrected chi connectivity index (χ3v) is 14.6. The summed E-state index contributed by atoms with van der Waals surface area (Å²) in [4.78, 5) is 43.5. The molecule has 2 aromatic carbocycles. The van der Waals surface area contributed by atoms with E-state index in [2.05, 4.69) is 41.5 Å². The van der Waals surface area contributed by atoms with Crippen LogP contribution in [0.25, 0.3) is 0 Å². The summed E-state index contributed by atoms with van der Waals surface area (Å²) in [5.41, 5.74) is 3.02. The third-order valence-electron chi connectivity index (χ3n) is 8.47. The van der Waals surface area contributed by atoms with Crippen LogP contribution in [0, 0.1) is 5.92 Å². The molecule has 1 saturated carbocycles. The number of hydrogen-bond donors (Lipinski definition) is 0. The number of benzene rings is 2. The lowest BCUT2D eigenvalue weighted by atomic mass is 9.99. The molecule has 0 saturated heterocycles. The fourth-order valence-corrected chi connectivity index (χ4v) is 12.0. The predicted molar refractivity (Wildman–Crippen MR) is 169 cm³/mol. The Balaban J connectivity index is 1.53. The first-order chi connectivity index (χ1) is 20.5. The lowest BCUT2D eigenvalue weighted by molar-refractivity contribution is -0.121. The van der Waals surface area contributed by atoms with Crippen LogP contribution in [0.3, 0.4) is 0 Å². The first-order valence-electron chi connectivity index (χ1n) is 15.6. The number of hydrogen-bond acceptors (Lipinski definition) is 7. The van der Waals surface area contributed by atoms with Gasteiger partial charge in [-0.15, -0.1) is 5.06 Å². The topological polar surface area (TPSA) is 91.4 Å². The van der Waals surface area contributed by atoms with Crippen LogP contribution < -0.4 is 0 Å². The minimum Gasteiger partial charge on any atom is -0.442 e. The fourth-order valence-electron chi connectivity index (χ4n) is 6.43. The highest BCUT2D eigenvalue weighted by molar-refractivity contribution is 6.77. The molecule has 1 aliphatic rings. The molecule has 43 heavy (non-hydrogen) atoms. The normalized spacial score (nSPS) is 17.0. The molecule has 0 spiro atoms. The van der Waals surface area contributed by atoms with Crippen molar-refractivity contribution >= 4 is 26.3 Å². The monoisotopic (exact) mass is 611 g/mol. The van der Waals surface area contributed by atoms with Gasteiger partial charge in [0.2, 0.25) is 8.32 Å². The number of rotatable bonds is 14. The molecular weight excluding hydrogens is 562 g/mol. The van der Waals surface area contributed by atoms with E-state index < -0.39 is 20.6 Å². The van der Waals surface area contributed by atoms with Crippen LogP contribution in [0.5, 0.6) is 0 Å². The van der Waals surface area contributed by atoms with E-state index in [1.807, 2.05) is 60.7 Å². The number of Topliss-reactive ketones (excluding diaryl/α,β-unsaturated/α-hetero) is 1. The van der Waals surface area contributed by atoms with Crippen molar-refractivity contribution in [1.82, 2.24) is 5.06 Å². The van der Waals surface area contributed by atoms with Crippen molar-refractivity contribution in [1.29, 1.82) is 0 Å². The van der Waals surface area contributed by atoms with Crippen molar-refractivity contribution in [3.8, 4) is 0 Å². The Bertz CT molecular complexity index is 1130. The van der Waals surface area contributed by atoms with E-state index in [1.54, 1.807) is 0 Å². The summed E-state index contributed by atoms with van der Waals surface area (Å²) in [7, 11) is -2.07. The van der Waals surface area contributed by atoms with Gasteiger partial charge in [0.25, 0.3) is 0 Å². The molecule has 0 radical (unpaired) electrons. The Morgan fingerprint density at radius 3 is 1.88 bits per heavy atom. The summed E-state index contributed by atoms with van der Waals surface area (Å²) in [6, 6.07) is 18.5. The van der Waals surface area contributed by atoms with Gasteiger partial charge in [0, 0.05) is 12.3 Å². The van der Waals surface area contributed by atoms with Gasteiger partial charge in [-0.1, -0.05) is 109 Å². The minimum atomic E-state index is -2.07. The highest BCUT2D eigenvalue weighted by Gasteiger charge is 2.48. The van der Waals surface area contributed by atoms with Crippen LogP contribution >= 0.6 is 0 Å². The molecule has 1 amide bonds. The molecule has 0 aromatic heterocycles. The van der Waals surface area contributed by atoms with Gasteiger partial charge in [-0.05, 0) is 47.0 Å². The summed E-state index contributed by atoms with van der Waals surface area (Å²) in [6.07, 6.45) is 1.35. The van der Waals surface area contributed by atoms with Crippen LogP contribution in [0.4, 0.5) is 9.59 Å². The van der Waals surface area contributed by atoms with E-state index in [1.165, 1.54) is 0 Å². The lowest BCUT2D eigenvalue weighted by Gasteiger charge is -2.44. The van der Waals surface area contributed by atoms with Gasteiger partial charge in [-0.25, -0.2) is 9.59 Å². The smallest absolute Gasteiger partial charge is 0.442 e. The maximum absolute atomic E-state index is 12.9. The van der Waals surface area contributed by atoms with Gasteiger partial charge in [-0.3, -0.25) is 4.79 Å². The number of carbonyl (C=O) groups is 3. The molecule has 0 heterocycles. The van der Waals surface area contributed by atoms with Gasteiger partial charge >= 0.3 is 12.2 Å². The molecule has 8 nitrogen and oxygen atoms in total. The number of hydroxylamine groups is 2. The molecule has 1 aliphatic carbocycles. The molecule has 0 bridgehead atoms. The highest BCUT2D eigenvalue weighted by atomic mass is 28.4. The molecule has 9 heteroatoms. The first-order valence-corrected chi connectivity index (χ1v) is 17.7. The Morgan fingerprint density at radius 2 is 1.35 bits per heavy atom. The van der Waals surface area contributed by atoms with Crippen molar-refractivity contribution in [2.75, 3.05) is 6.54 Å². The summed E-state index contributed by atoms with van der Waals surface area (Å²) in [5.74, 6) is 0.197. The fraction of sp³-hybridized carbons (Fsp3) is 0.559. The zero-order valence-corrected chi connectivity index (χ0v) is 27.6. The lowest BCUT2D eigenvalue weighted by Crippen LogP contribution is -2.49. The van der Waals surface area contributed by atoms with Crippen molar-refractivity contribution < 1.29 is 33.1 Å². The van der Waals surface area contributed by atoms with Gasteiger partial charge in [-0.2, -0.15) is 0 Å². The number of carbonyl (C=O) groups excluding carboxylic acids is 3. The molecule has 236 valence electrons. The second-order valence-electron chi connectivity index (χ2n) is 12.4. The van der Waals surface area contributed by atoms with Crippen LogP contribution in [-0.4, -0.2) is 44.1 Å². The van der Waals surface area contributed by atoms with Gasteiger partial charge < -0.3 is 18.7 Å². The van der Waals surface area contributed by atoms with Gasteiger partial charge in [0.15, 0.2) is 0 Å². The van der Waals surface area contributed by atoms with Crippen molar-refractivity contribution in [2.24, 2.45) is 5.92 Å². The average Bonchev–Trinajstić information content (AvgIpc) is 3.33. The highest BCUT2D eigenvalue weighted by Crippen LogP contribution is 2.45. The van der Waals surface area contributed by atoms with Crippen LogP contribution in [0.1, 0.15) is 84.8 Å². The van der Waals surface area contributed by atoms with E-state index in [4.69, 9.17) is 18.7 Å². The number of ether oxygens (including phenoxy) is 2. The maximum Gasteiger partial charge on any atom is 0.533 e. The molecular formula is C34H49NO7Si. The van der Waals surface area contributed by atoms with E-state index in [-0.39, 0.29) is 37.6 Å². The third kappa shape index (κ3) is 9.93. The molecule has 2 atom stereocenters. The Labute approximate surface area is 258 Å². The largest absolute Gasteiger partial charge is 0.533 e. The molecule has 0 aliphatic heterocycles. The molecule has 3 rings (SSSR count). The second-order valence-corrected chi connectivity index (χ2v) is 17.8. The van der Waals surface area contributed by atoms with E-state index >= 15 is 0 Å². The predicted octanol–water partition coefficient (Wildman–Crippen LogP) is 8.60. The van der Waals surface area contributed by atoms with Crippen molar-refractivity contribution in [3.63, 3.8) is 0 Å². The van der Waals surface area contributed by atoms with E-state index in [9.17, 15) is 14.4 Å². The summed E-state index contributed by atoms with van der Waals surface area (Å²) < 4.78 is 17.5. The standard InChI is InChI=1S/C34H49NO7Si/c1-25(2)43(26(3)4,27(5)6)42-31-21-30(32(36)22-31)19-13-14-20-35(33(37)39-23-28-15-9-7-10-16-28)41-34(38)40-24-29-17-11-8-12-18-29/h7-12,15-18,25-27,30-31H,13-14,19-24H2,1-6H3/t30-,31+/m0/s1. The van der Waals surface area contributed by atoms with Crippen LogP contribution in [-0.2, 0) is 36.7 Å². The Hall–Kier alpha value is -3.17. The average molecular weight is 612 g/mol. The molecule has 0 N–H and O–H groups in total. The van der Waals surface area contributed by atoms with Crippen molar-refractivity contribution in [3.05, 3.63) is 71.8 Å². The van der Waals surface area contributed by atoms with Crippen molar-refractivity contribution in [2.45, 2.75) is 110 Å². The summed E-state index contributed by atoms with van der Waals surface area (Å²) >= 11 is 0. The quantitative estimate of drug-likeness (QED) is 0.0914. The SMILES string of the molecule is CC(C)[Si](O[C@H]1CC(=O)[C@@H](CCCCN(OC(=O)OCc2ccccc2)C(=O)OCc2ccccc2)C1)(C(C)C)C(C)C. The molecule has 2 aromatic rings. The number of unbranched alkanes of at least 4 members (excludes halogenated alkanes) is 1. The summed E-state index contributed by atoms with van der Waals surface area (Å²) in [6.45, 7) is 13.8. The van der Waals surface area contributed by atoms with Crippen LogP contribution in [0.2, 0.25) is 16.6 Å². The van der Waals surface area contributed by atoms with E-state index in [0.29, 0.717) is 42.3 Å².